The molecule has 3 fully saturated rings. The molecule has 214 valence electrons. The van der Waals surface area contributed by atoms with Gasteiger partial charge in [0.25, 0.3) is 5.91 Å². The number of carbonyl (C=O) groups is 1. The van der Waals surface area contributed by atoms with Gasteiger partial charge in [-0.3, -0.25) is 9.69 Å². The van der Waals surface area contributed by atoms with Crippen molar-refractivity contribution in [2.45, 2.75) is 64.1 Å². The highest BCUT2D eigenvalue weighted by molar-refractivity contribution is 7.21. The number of carbonyl (C=O) groups excluding carboxylic acids is 1. The van der Waals surface area contributed by atoms with Crippen LogP contribution in [0.1, 0.15) is 56.8 Å². The number of likely N-dealkylation sites (N-methyl/N-ethyl adjacent to an activating group) is 1. The van der Waals surface area contributed by atoms with Crippen LogP contribution in [0.4, 0.5) is 5.82 Å². The van der Waals surface area contributed by atoms with E-state index < -0.39 is 0 Å². The molecular weight excluding hydrogens is 532 g/mol. The van der Waals surface area contributed by atoms with Crippen LogP contribution in [0.15, 0.2) is 53.4 Å². The number of thiazole rings is 1. The summed E-state index contributed by atoms with van der Waals surface area (Å²) in [5.41, 5.74) is 2.25. The monoisotopic (exact) mass is 570 g/mol. The molecule has 10 heteroatoms. The van der Waals surface area contributed by atoms with Crippen LogP contribution in [0, 0.1) is 0 Å². The first kappa shape index (κ1) is 26.4. The fraction of sp³-hybridized carbons (Fsp3) is 0.484. The van der Waals surface area contributed by atoms with Crippen molar-refractivity contribution >= 4 is 39.2 Å². The van der Waals surface area contributed by atoms with E-state index in [4.69, 9.17) is 15.0 Å². The fourth-order valence-corrected chi connectivity index (χ4v) is 7.58. The number of aromatic nitrogens is 2. The molecule has 0 saturated carbocycles. The van der Waals surface area contributed by atoms with Gasteiger partial charge in [-0.25, -0.2) is 15.0 Å². The van der Waals surface area contributed by atoms with E-state index in [-0.39, 0.29) is 11.4 Å². The number of fused-ring (bicyclic) bond motifs is 3. The molecule has 0 aliphatic carbocycles. The van der Waals surface area contributed by atoms with Crippen molar-refractivity contribution in [1.29, 1.82) is 0 Å². The van der Waals surface area contributed by atoms with E-state index in [2.05, 4.69) is 47.3 Å². The Labute approximate surface area is 245 Å². The average Bonchev–Trinajstić information content (AvgIpc) is 3.71. The van der Waals surface area contributed by atoms with E-state index in [0.717, 1.165) is 89.5 Å². The molecule has 41 heavy (non-hydrogen) atoms. The molecule has 7 rings (SSSR count). The van der Waals surface area contributed by atoms with E-state index in [0.29, 0.717) is 12.1 Å². The van der Waals surface area contributed by atoms with Gasteiger partial charge in [0.2, 0.25) is 5.96 Å². The number of anilines is 1. The predicted molar refractivity (Wildman–Crippen MR) is 165 cm³/mol. The Balaban J connectivity index is 1.08. The number of rotatable bonds is 5. The molecule has 2 aromatic heterocycles. The number of piperazine rings is 1. The third-order valence-corrected chi connectivity index (χ3v) is 9.76. The predicted octanol–water partition coefficient (Wildman–Crippen LogP) is 4.75. The van der Waals surface area contributed by atoms with E-state index in [1.54, 1.807) is 11.3 Å². The Morgan fingerprint density at radius 3 is 2.78 bits per heavy atom. The number of hydrogen-bond acceptors (Lipinski definition) is 9. The number of likely N-dealkylation sites (tertiary alicyclic amines) is 3. The van der Waals surface area contributed by atoms with Gasteiger partial charge in [-0.1, -0.05) is 19.1 Å². The number of pyridine rings is 1. The Morgan fingerprint density at radius 2 is 2.00 bits per heavy atom. The Bertz CT molecular complexity index is 1540. The maximum absolute atomic E-state index is 13.1. The van der Waals surface area contributed by atoms with Crippen LogP contribution in [0.2, 0.25) is 0 Å². The van der Waals surface area contributed by atoms with Crippen LogP contribution < -0.4 is 10.6 Å². The molecule has 9 nitrogen and oxygen atoms in total. The number of piperidine rings is 1. The lowest BCUT2D eigenvalue weighted by Gasteiger charge is -2.38. The van der Waals surface area contributed by atoms with Crippen molar-refractivity contribution in [3.63, 3.8) is 0 Å². The number of nitrogens with one attached hydrogen (secondary N) is 2. The first-order valence-electron chi connectivity index (χ1n) is 14.9. The number of guanidine groups is 1. The van der Waals surface area contributed by atoms with Crippen LogP contribution in [-0.4, -0.2) is 86.9 Å². The second-order valence-electron chi connectivity index (χ2n) is 12.2. The molecule has 3 saturated heterocycles. The fourth-order valence-electron chi connectivity index (χ4n) is 6.67. The van der Waals surface area contributed by atoms with Gasteiger partial charge in [-0.2, -0.15) is 0 Å². The molecule has 4 aliphatic rings. The molecule has 1 aromatic carbocycles. The SMILES string of the molecule is CCN1C[C@@H]2C[C@H]1CN2C1=NC(C)(C)C=C(Nc2cc3nc(-c4cccc(C(=O)N5CCCCC5)c4)sc3cn2)N1. The highest BCUT2D eigenvalue weighted by Gasteiger charge is 2.44. The van der Waals surface area contributed by atoms with Gasteiger partial charge in [-0.05, 0) is 64.3 Å². The summed E-state index contributed by atoms with van der Waals surface area (Å²) in [5.74, 6) is 2.68. The molecule has 2 bridgehead atoms. The zero-order valence-corrected chi connectivity index (χ0v) is 24.9. The zero-order valence-electron chi connectivity index (χ0n) is 24.1. The summed E-state index contributed by atoms with van der Waals surface area (Å²) in [6, 6.07) is 11.0. The summed E-state index contributed by atoms with van der Waals surface area (Å²) in [4.78, 5) is 34.7. The van der Waals surface area contributed by atoms with Crippen molar-refractivity contribution in [1.82, 2.24) is 30.0 Å². The highest BCUT2D eigenvalue weighted by Crippen LogP contribution is 2.34. The topological polar surface area (TPSA) is 89.0 Å². The molecule has 3 aromatic rings. The van der Waals surface area contributed by atoms with Crippen molar-refractivity contribution in [2.75, 3.05) is 38.0 Å². The van der Waals surface area contributed by atoms with Crippen LogP contribution in [-0.2, 0) is 0 Å². The standard InChI is InChI=1S/C31H38N8OS/c1-4-37-18-23-14-22(37)19-39(23)30-35-27(16-31(2,3)36-30)34-26-15-24-25(17-32-26)41-28(33-24)20-9-8-10-21(13-20)29(40)38-11-6-5-7-12-38/h8-10,13,15-17,22-23H,4-7,11-12,14,18-19H2,1-3H3,(H,32,34)(H,35,36)/t22-,23-/m0/s1. The van der Waals surface area contributed by atoms with Gasteiger partial charge < -0.3 is 20.4 Å². The molecule has 1 amide bonds. The average molecular weight is 571 g/mol. The van der Waals surface area contributed by atoms with Gasteiger partial charge in [0.05, 0.1) is 15.8 Å². The quantitative estimate of drug-likeness (QED) is 0.458. The largest absolute Gasteiger partial charge is 0.339 e. The number of amides is 1. The first-order valence-corrected chi connectivity index (χ1v) is 15.7. The van der Waals surface area contributed by atoms with Gasteiger partial charge in [-0.15, -0.1) is 11.3 Å². The lowest BCUT2D eigenvalue weighted by molar-refractivity contribution is 0.0724. The molecule has 2 N–H and O–H groups in total. The first-order chi connectivity index (χ1) is 19.8. The minimum Gasteiger partial charge on any atom is -0.339 e. The second-order valence-corrected chi connectivity index (χ2v) is 13.2. The number of hydrogen-bond donors (Lipinski definition) is 2. The molecule has 2 atom stereocenters. The molecule has 4 aliphatic heterocycles. The minimum absolute atomic E-state index is 0.115. The Kier molecular flexibility index (Phi) is 6.70. The summed E-state index contributed by atoms with van der Waals surface area (Å²) < 4.78 is 1.01. The van der Waals surface area contributed by atoms with E-state index in [1.165, 1.54) is 12.8 Å². The van der Waals surface area contributed by atoms with Gasteiger partial charge in [0, 0.05) is 61.7 Å². The maximum atomic E-state index is 13.1. The third kappa shape index (κ3) is 5.19. The summed E-state index contributed by atoms with van der Waals surface area (Å²) in [6.07, 6.45) is 8.58. The molecule has 0 spiro atoms. The number of benzene rings is 1. The smallest absolute Gasteiger partial charge is 0.253 e. The third-order valence-electron chi connectivity index (χ3n) is 8.71. The summed E-state index contributed by atoms with van der Waals surface area (Å²) in [5, 5.41) is 7.94. The molecular formula is C31H38N8OS. The minimum atomic E-state index is -0.330. The van der Waals surface area contributed by atoms with Crippen LogP contribution >= 0.6 is 11.3 Å². The lowest BCUT2D eigenvalue weighted by atomic mass is 10.1. The van der Waals surface area contributed by atoms with Crippen LogP contribution in [0.5, 0.6) is 0 Å². The summed E-state index contributed by atoms with van der Waals surface area (Å²) >= 11 is 1.60. The van der Waals surface area contributed by atoms with Gasteiger partial charge in [0.15, 0.2) is 0 Å². The Morgan fingerprint density at radius 1 is 1.15 bits per heavy atom. The number of nitrogens with zero attached hydrogens (tertiary/aromatic N) is 6. The second kappa shape index (κ2) is 10.4. The molecule has 0 radical (unpaired) electrons. The highest BCUT2D eigenvalue weighted by atomic mass is 32.1. The van der Waals surface area contributed by atoms with Crippen LogP contribution in [0.3, 0.4) is 0 Å². The van der Waals surface area contributed by atoms with Crippen molar-refractivity contribution in [2.24, 2.45) is 4.99 Å². The van der Waals surface area contributed by atoms with Crippen molar-refractivity contribution in [3.8, 4) is 10.6 Å². The van der Waals surface area contributed by atoms with E-state index in [9.17, 15) is 4.79 Å². The summed E-state index contributed by atoms with van der Waals surface area (Å²) in [7, 11) is 0. The van der Waals surface area contributed by atoms with Crippen molar-refractivity contribution < 1.29 is 4.79 Å². The van der Waals surface area contributed by atoms with Gasteiger partial charge in [0.1, 0.15) is 16.6 Å². The van der Waals surface area contributed by atoms with Crippen molar-refractivity contribution in [3.05, 3.63) is 54.0 Å². The summed E-state index contributed by atoms with van der Waals surface area (Å²) in [6.45, 7) is 11.4. The lowest BCUT2D eigenvalue weighted by Crippen LogP contribution is -2.54. The Hall–Kier alpha value is -3.50. The molecule has 0 unspecified atom stereocenters. The van der Waals surface area contributed by atoms with Gasteiger partial charge >= 0.3 is 0 Å². The number of aliphatic imine (C=N–C) groups is 1. The van der Waals surface area contributed by atoms with Crippen LogP contribution in [0.25, 0.3) is 20.8 Å². The normalized spacial score (nSPS) is 23.9. The van der Waals surface area contributed by atoms with E-state index in [1.807, 2.05) is 41.4 Å². The maximum Gasteiger partial charge on any atom is 0.253 e. The molecule has 6 heterocycles. The van der Waals surface area contributed by atoms with E-state index >= 15 is 0 Å². The zero-order chi connectivity index (χ0) is 28.1.